The maximum atomic E-state index is 6.18. The number of rotatable bonds is 2. The SMILES string of the molecule is Cc1cc(Nc2cccc(Cl)c2C)c2ccccc2n1. The molecule has 100 valence electrons. The molecule has 0 saturated carbocycles. The van der Waals surface area contributed by atoms with Crippen LogP contribution in [0.3, 0.4) is 0 Å². The van der Waals surface area contributed by atoms with Gasteiger partial charge in [0, 0.05) is 27.5 Å². The van der Waals surface area contributed by atoms with Crippen LogP contribution in [0, 0.1) is 13.8 Å². The summed E-state index contributed by atoms with van der Waals surface area (Å²) < 4.78 is 0. The molecule has 3 rings (SSSR count). The summed E-state index contributed by atoms with van der Waals surface area (Å²) in [6, 6.07) is 16.1. The van der Waals surface area contributed by atoms with Gasteiger partial charge in [0.15, 0.2) is 0 Å². The number of nitrogens with zero attached hydrogens (tertiary/aromatic N) is 1. The van der Waals surface area contributed by atoms with E-state index >= 15 is 0 Å². The Morgan fingerprint density at radius 3 is 2.60 bits per heavy atom. The van der Waals surface area contributed by atoms with E-state index in [9.17, 15) is 0 Å². The normalized spacial score (nSPS) is 10.8. The van der Waals surface area contributed by atoms with E-state index < -0.39 is 0 Å². The molecule has 3 heteroatoms. The third-order valence-corrected chi connectivity index (χ3v) is 3.79. The first kappa shape index (κ1) is 12.9. The van der Waals surface area contributed by atoms with Gasteiger partial charge in [-0.05, 0) is 43.7 Å². The summed E-state index contributed by atoms with van der Waals surface area (Å²) >= 11 is 6.18. The molecule has 0 fully saturated rings. The van der Waals surface area contributed by atoms with Gasteiger partial charge in [-0.15, -0.1) is 0 Å². The summed E-state index contributed by atoms with van der Waals surface area (Å²) in [6.45, 7) is 4.02. The van der Waals surface area contributed by atoms with Crippen molar-refractivity contribution in [1.29, 1.82) is 0 Å². The Kier molecular flexibility index (Phi) is 3.33. The minimum Gasteiger partial charge on any atom is -0.355 e. The zero-order valence-corrected chi connectivity index (χ0v) is 12.2. The van der Waals surface area contributed by atoms with Crippen LogP contribution in [0.4, 0.5) is 11.4 Å². The van der Waals surface area contributed by atoms with Crippen molar-refractivity contribution < 1.29 is 0 Å². The average molecular weight is 283 g/mol. The van der Waals surface area contributed by atoms with Gasteiger partial charge in [0.25, 0.3) is 0 Å². The smallest absolute Gasteiger partial charge is 0.0726 e. The molecule has 0 atom stereocenters. The second kappa shape index (κ2) is 5.14. The number of para-hydroxylation sites is 1. The number of aromatic nitrogens is 1. The van der Waals surface area contributed by atoms with Crippen LogP contribution in [0.25, 0.3) is 10.9 Å². The number of pyridine rings is 1. The van der Waals surface area contributed by atoms with Crippen molar-refractivity contribution in [2.75, 3.05) is 5.32 Å². The van der Waals surface area contributed by atoms with Gasteiger partial charge in [-0.25, -0.2) is 0 Å². The molecule has 1 heterocycles. The van der Waals surface area contributed by atoms with Crippen molar-refractivity contribution in [2.45, 2.75) is 13.8 Å². The van der Waals surface area contributed by atoms with Gasteiger partial charge in [0.1, 0.15) is 0 Å². The Morgan fingerprint density at radius 2 is 1.75 bits per heavy atom. The number of fused-ring (bicyclic) bond motifs is 1. The Balaban J connectivity index is 2.13. The first-order valence-corrected chi connectivity index (χ1v) is 6.91. The lowest BCUT2D eigenvalue weighted by Gasteiger charge is -2.13. The molecular weight excluding hydrogens is 268 g/mol. The maximum Gasteiger partial charge on any atom is 0.0726 e. The van der Waals surface area contributed by atoms with Crippen LogP contribution >= 0.6 is 11.6 Å². The summed E-state index contributed by atoms with van der Waals surface area (Å²) in [7, 11) is 0. The topological polar surface area (TPSA) is 24.9 Å². The van der Waals surface area contributed by atoms with E-state index in [1.165, 1.54) is 0 Å². The zero-order chi connectivity index (χ0) is 14.1. The van der Waals surface area contributed by atoms with Crippen LogP contribution in [-0.2, 0) is 0 Å². The lowest BCUT2D eigenvalue weighted by atomic mass is 10.1. The fraction of sp³-hybridized carbons (Fsp3) is 0.118. The van der Waals surface area contributed by atoms with Gasteiger partial charge >= 0.3 is 0 Å². The first-order valence-electron chi connectivity index (χ1n) is 6.53. The molecule has 0 unspecified atom stereocenters. The molecular formula is C17H15ClN2. The highest BCUT2D eigenvalue weighted by Crippen LogP contribution is 2.30. The molecule has 0 spiro atoms. The van der Waals surface area contributed by atoms with E-state index in [0.717, 1.165) is 38.6 Å². The predicted molar refractivity (Wildman–Crippen MR) is 86.0 cm³/mol. The number of aryl methyl sites for hydroxylation is 1. The van der Waals surface area contributed by atoms with Gasteiger partial charge < -0.3 is 5.32 Å². The Bertz CT molecular complexity index is 781. The van der Waals surface area contributed by atoms with Gasteiger partial charge in [0.05, 0.1) is 5.52 Å². The minimum atomic E-state index is 0.769. The molecule has 20 heavy (non-hydrogen) atoms. The van der Waals surface area contributed by atoms with Crippen LogP contribution in [0.15, 0.2) is 48.5 Å². The summed E-state index contributed by atoms with van der Waals surface area (Å²) in [5.41, 5.74) is 5.11. The van der Waals surface area contributed by atoms with Crippen LogP contribution in [0.2, 0.25) is 5.02 Å². The summed E-state index contributed by atoms with van der Waals surface area (Å²) in [5, 5.41) is 5.35. The van der Waals surface area contributed by atoms with Crippen molar-refractivity contribution in [3.63, 3.8) is 0 Å². The molecule has 0 radical (unpaired) electrons. The highest BCUT2D eigenvalue weighted by molar-refractivity contribution is 6.31. The van der Waals surface area contributed by atoms with Crippen LogP contribution in [0.5, 0.6) is 0 Å². The molecule has 1 aromatic heterocycles. The van der Waals surface area contributed by atoms with E-state index in [1.807, 2.05) is 50.2 Å². The monoisotopic (exact) mass is 282 g/mol. The number of halogens is 1. The van der Waals surface area contributed by atoms with Crippen molar-refractivity contribution >= 4 is 33.9 Å². The van der Waals surface area contributed by atoms with Gasteiger partial charge in [-0.1, -0.05) is 35.9 Å². The van der Waals surface area contributed by atoms with E-state index in [4.69, 9.17) is 11.6 Å². The average Bonchev–Trinajstić information content (AvgIpc) is 2.43. The summed E-state index contributed by atoms with van der Waals surface area (Å²) in [5.74, 6) is 0. The quantitative estimate of drug-likeness (QED) is 0.694. The third-order valence-electron chi connectivity index (χ3n) is 3.38. The number of hydrogen-bond donors (Lipinski definition) is 1. The second-order valence-corrected chi connectivity index (χ2v) is 5.27. The van der Waals surface area contributed by atoms with E-state index in [2.05, 4.69) is 22.4 Å². The maximum absolute atomic E-state index is 6.18. The molecule has 0 aliphatic carbocycles. The van der Waals surface area contributed by atoms with Gasteiger partial charge in [-0.2, -0.15) is 0 Å². The van der Waals surface area contributed by atoms with Crippen molar-refractivity contribution in [1.82, 2.24) is 4.98 Å². The second-order valence-electron chi connectivity index (χ2n) is 4.87. The molecule has 0 aliphatic rings. The fourth-order valence-corrected chi connectivity index (χ4v) is 2.47. The predicted octanol–water partition coefficient (Wildman–Crippen LogP) is 5.25. The van der Waals surface area contributed by atoms with Crippen LogP contribution in [0.1, 0.15) is 11.3 Å². The van der Waals surface area contributed by atoms with E-state index in [-0.39, 0.29) is 0 Å². The molecule has 0 bridgehead atoms. The van der Waals surface area contributed by atoms with Crippen LogP contribution in [-0.4, -0.2) is 4.98 Å². The molecule has 2 nitrogen and oxygen atoms in total. The molecule has 0 aliphatic heterocycles. The number of nitrogens with one attached hydrogen (secondary N) is 1. The number of benzene rings is 2. The number of anilines is 2. The molecule has 0 saturated heterocycles. The molecule has 1 N–H and O–H groups in total. The molecule has 2 aromatic carbocycles. The van der Waals surface area contributed by atoms with Crippen molar-refractivity contribution in [2.24, 2.45) is 0 Å². The number of hydrogen-bond acceptors (Lipinski definition) is 2. The Hall–Kier alpha value is -2.06. The largest absolute Gasteiger partial charge is 0.355 e. The summed E-state index contributed by atoms with van der Waals surface area (Å²) in [4.78, 5) is 4.55. The Morgan fingerprint density at radius 1 is 0.950 bits per heavy atom. The van der Waals surface area contributed by atoms with Crippen molar-refractivity contribution in [3.05, 3.63) is 64.8 Å². The highest BCUT2D eigenvalue weighted by atomic mass is 35.5. The minimum absolute atomic E-state index is 0.769. The Labute approximate surface area is 123 Å². The lowest BCUT2D eigenvalue weighted by molar-refractivity contribution is 1.25. The van der Waals surface area contributed by atoms with E-state index in [1.54, 1.807) is 0 Å². The first-order chi connectivity index (χ1) is 9.65. The standard InChI is InChI=1S/C17H15ClN2/c1-11-10-17(13-6-3-4-8-16(13)19-11)20-15-9-5-7-14(18)12(15)2/h3-10H,1-2H3,(H,19,20). The lowest BCUT2D eigenvalue weighted by Crippen LogP contribution is -1.96. The molecule has 0 amide bonds. The van der Waals surface area contributed by atoms with E-state index in [0.29, 0.717) is 0 Å². The third kappa shape index (κ3) is 2.35. The molecule has 3 aromatic rings. The van der Waals surface area contributed by atoms with Gasteiger partial charge in [0.2, 0.25) is 0 Å². The van der Waals surface area contributed by atoms with Crippen molar-refractivity contribution in [3.8, 4) is 0 Å². The highest BCUT2D eigenvalue weighted by Gasteiger charge is 2.06. The summed E-state index contributed by atoms with van der Waals surface area (Å²) in [6.07, 6.45) is 0. The fourth-order valence-electron chi connectivity index (χ4n) is 2.30. The zero-order valence-electron chi connectivity index (χ0n) is 11.4. The van der Waals surface area contributed by atoms with Crippen LogP contribution < -0.4 is 5.32 Å². The van der Waals surface area contributed by atoms with Gasteiger partial charge in [-0.3, -0.25) is 4.98 Å².